The molecule has 3 N–H and O–H groups in total. The fourth-order valence-corrected chi connectivity index (χ4v) is 2.19. The van der Waals surface area contributed by atoms with Gasteiger partial charge in [-0.05, 0) is 13.3 Å². The molecule has 1 aromatic rings. The molecule has 0 aromatic carbocycles. The van der Waals surface area contributed by atoms with Crippen molar-refractivity contribution in [1.82, 2.24) is 10.3 Å². The number of amides is 1. The summed E-state index contributed by atoms with van der Waals surface area (Å²) in [5, 5.41) is 15.5. The molecule has 1 fully saturated rings. The summed E-state index contributed by atoms with van der Waals surface area (Å²) < 4.78 is 0. The van der Waals surface area contributed by atoms with Crippen molar-refractivity contribution in [3.8, 4) is 0 Å². The first-order valence-corrected chi connectivity index (χ1v) is 5.61. The summed E-state index contributed by atoms with van der Waals surface area (Å²) >= 11 is 1.44. The van der Waals surface area contributed by atoms with Gasteiger partial charge in [0, 0.05) is 17.6 Å². The van der Waals surface area contributed by atoms with Crippen LogP contribution in [0.15, 0.2) is 6.20 Å². The topological polar surface area (TPSA) is 74.2 Å². The summed E-state index contributed by atoms with van der Waals surface area (Å²) in [6.07, 6.45) is 1.77. The highest BCUT2D eigenvalue weighted by Gasteiger charge is 2.28. The summed E-state index contributed by atoms with van der Waals surface area (Å²) in [6.45, 7) is 2.42. The highest BCUT2D eigenvalue weighted by atomic mass is 32.1. The second-order valence-corrected chi connectivity index (χ2v) is 4.85. The molecule has 2 unspecified atom stereocenters. The zero-order valence-electron chi connectivity index (χ0n) is 8.36. The summed E-state index contributed by atoms with van der Waals surface area (Å²) in [6, 6.07) is -0.302. The second-order valence-electron chi connectivity index (χ2n) is 3.62. The van der Waals surface area contributed by atoms with E-state index in [9.17, 15) is 9.90 Å². The van der Waals surface area contributed by atoms with Gasteiger partial charge >= 0.3 is 0 Å². The number of β-amino-alcohol motifs (C(OH)–C–C–N with tert-alkyl or cyclic N) is 1. The van der Waals surface area contributed by atoms with Gasteiger partial charge in [-0.25, -0.2) is 4.98 Å². The Hall–Kier alpha value is -0.980. The Balaban J connectivity index is 1.92. The number of nitrogens with zero attached hydrogens (tertiary/aromatic N) is 1. The fourth-order valence-electron chi connectivity index (χ4n) is 1.52. The van der Waals surface area contributed by atoms with Gasteiger partial charge in [-0.2, -0.15) is 0 Å². The van der Waals surface area contributed by atoms with E-state index in [0.29, 0.717) is 18.1 Å². The molecule has 1 saturated heterocycles. The largest absolute Gasteiger partial charge is 0.392 e. The van der Waals surface area contributed by atoms with Gasteiger partial charge in [-0.3, -0.25) is 4.79 Å². The van der Waals surface area contributed by atoms with Crippen LogP contribution in [0.2, 0.25) is 0 Å². The minimum absolute atomic E-state index is 0.124. The smallest absolute Gasteiger partial charge is 0.243 e. The van der Waals surface area contributed by atoms with Gasteiger partial charge in [0.25, 0.3) is 0 Å². The maximum Gasteiger partial charge on any atom is 0.243 e. The molecule has 1 aliphatic rings. The number of hydrogen-bond donors (Lipinski definition) is 3. The van der Waals surface area contributed by atoms with Crippen molar-refractivity contribution in [2.75, 3.05) is 11.9 Å². The molecular weight excluding hydrogens is 214 g/mol. The van der Waals surface area contributed by atoms with Crippen LogP contribution in [0, 0.1) is 6.92 Å². The van der Waals surface area contributed by atoms with Gasteiger partial charge in [-0.15, -0.1) is 11.3 Å². The van der Waals surface area contributed by atoms with E-state index in [1.165, 1.54) is 11.3 Å². The SMILES string of the molecule is Cc1cnc(NC(=O)C2CC(O)CN2)s1. The molecule has 15 heavy (non-hydrogen) atoms. The third-order valence-corrected chi connectivity index (χ3v) is 3.10. The number of carbonyl (C=O) groups excluding carboxylic acids is 1. The Morgan fingerprint density at radius 3 is 3.13 bits per heavy atom. The first-order valence-electron chi connectivity index (χ1n) is 4.80. The molecule has 0 aliphatic carbocycles. The number of aliphatic hydroxyl groups is 1. The first-order chi connectivity index (χ1) is 7.15. The average Bonchev–Trinajstić information content (AvgIpc) is 2.75. The minimum atomic E-state index is -0.418. The number of anilines is 1. The molecule has 0 spiro atoms. The zero-order valence-corrected chi connectivity index (χ0v) is 9.17. The van der Waals surface area contributed by atoms with Crippen LogP contribution in [0.3, 0.4) is 0 Å². The number of rotatable bonds is 2. The Kier molecular flexibility index (Phi) is 2.99. The number of thiazole rings is 1. The number of hydrogen-bond acceptors (Lipinski definition) is 5. The Morgan fingerprint density at radius 2 is 2.60 bits per heavy atom. The van der Waals surface area contributed by atoms with Crippen LogP contribution in [-0.4, -0.2) is 34.7 Å². The van der Waals surface area contributed by atoms with Gasteiger partial charge in [0.2, 0.25) is 5.91 Å². The molecule has 1 amide bonds. The summed E-state index contributed by atoms with van der Waals surface area (Å²) in [4.78, 5) is 16.8. The second kappa shape index (κ2) is 4.26. The maximum absolute atomic E-state index is 11.7. The van der Waals surface area contributed by atoms with Gasteiger partial charge in [-0.1, -0.05) is 0 Å². The third-order valence-electron chi connectivity index (χ3n) is 2.28. The number of aryl methyl sites for hydroxylation is 1. The van der Waals surface area contributed by atoms with Crippen molar-refractivity contribution in [3.05, 3.63) is 11.1 Å². The highest BCUT2D eigenvalue weighted by Crippen LogP contribution is 2.17. The lowest BCUT2D eigenvalue weighted by molar-refractivity contribution is -0.117. The predicted octanol–water partition coefficient (Wildman–Crippen LogP) is 0.113. The van der Waals surface area contributed by atoms with E-state index >= 15 is 0 Å². The number of nitrogens with one attached hydrogen (secondary N) is 2. The minimum Gasteiger partial charge on any atom is -0.392 e. The predicted molar refractivity (Wildman–Crippen MR) is 57.9 cm³/mol. The van der Waals surface area contributed by atoms with Crippen LogP contribution in [0.5, 0.6) is 0 Å². The number of aliphatic hydroxyl groups excluding tert-OH is 1. The van der Waals surface area contributed by atoms with Gasteiger partial charge in [0.15, 0.2) is 5.13 Å². The summed E-state index contributed by atoms with van der Waals surface area (Å²) in [5.74, 6) is -0.124. The molecule has 6 heteroatoms. The molecule has 0 saturated carbocycles. The van der Waals surface area contributed by atoms with E-state index in [2.05, 4.69) is 15.6 Å². The molecule has 0 bridgehead atoms. The monoisotopic (exact) mass is 227 g/mol. The van der Waals surface area contributed by atoms with Gasteiger partial charge < -0.3 is 15.7 Å². The van der Waals surface area contributed by atoms with Crippen molar-refractivity contribution in [2.45, 2.75) is 25.5 Å². The van der Waals surface area contributed by atoms with Crippen molar-refractivity contribution in [3.63, 3.8) is 0 Å². The lowest BCUT2D eigenvalue weighted by Crippen LogP contribution is -2.35. The quantitative estimate of drug-likeness (QED) is 0.670. The van der Waals surface area contributed by atoms with Crippen molar-refractivity contribution in [2.24, 2.45) is 0 Å². The lowest BCUT2D eigenvalue weighted by atomic mass is 10.2. The molecule has 82 valence electrons. The van der Waals surface area contributed by atoms with Gasteiger partial charge in [0.1, 0.15) is 0 Å². The average molecular weight is 227 g/mol. The molecule has 2 atom stereocenters. The molecule has 1 aromatic heterocycles. The van der Waals surface area contributed by atoms with Crippen LogP contribution in [0.4, 0.5) is 5.13 Å². The Morgan fingerprint density at radius 1 is 1.80 bits per heavy atom. The molecule has 0 radical (unpaired) electrons. The Bertz CT molecular complexity index is 366. The van der Waals surface area contributed by atoms with Crippen LogP contribution >= 0.6 is 11.3 Å². The van der Waals surface area contributed by atoms with Crippen molar-refractivity contribution in [1.29, 1.82) is 0 Å². The van der Waals surface area contributed by atoms with Crippen LogP contribution < -0.4 is 10.6 Å². The number of aromatic nitrogens is 1. The normalized spacial score (nSPS) is 25.5. The fraction of sp³-hybridized carbons (Fsp3) is 0.556. The van der Waals surface area contributed by atoms with E-state index in [-0.39, 0.29) is 11.9 Å². The van der Waals surface area contributed by atoms with Crippen LogP contribution in [0.25, 0.3) is 0 Å². The molecular formula is C9H13N3O2S. The van der Waals surface area contributed by atoms with Crippen LogP contribution in [0.1, 0.15) is 11.3 Å². The summed E-state index contributed by atoms with van der Waals surface area (Å²) in [7, 11) is 0. The lowest BCUT2D eigenvalue weighted by Gasteiger charge is -2.08. The van der Waals surface area contributed by atoms with Crippen molar-refractivity contribution < 1.29 is 9.90 Å². The molecule has 1 aliphatic heterocycles. The van der Waals surface area contributed by atoms with Crippen LogP contribution in [-0.2, 0) is 4.79 Å². The van der Waals surface area contributed by atoms with E-state index in [1.54, 1.807) is 6.20 Å². The molecule has 5 nitrogen and oxygen atoms in total. The van der Waals surface area contributed by atoms with Gasteiger partial charge in [0.05, 0.1) is 12.1 Å². The molecule has 2 rings (SSSR count). The third kappa shape index (κ3) is 2.53. The highest BCUT2D eigenvalue weighted by molar-refractivity contribution is 7.15. The first kappa shape index (κ1) is 10.5. The van der Waals surface area contributed by atoms with E-state index in [1.807, 2.05) is 6.92 Å². The molecule has 2 heterocycles. The maximum atomic E-state index is 11.7. The Labute approximate surface area is 91.5 Å². The summed E-state index contributed by atoms with van der Waals surface area (Å²) in [5.41, 5.74) is 0. The van der Waals surface area contributed by atoms with Crippen molar-refractivity contribution >= 4 is 22.4 Å². The van der Waals surface area contributed by atoms with E-state index in [0.717, 1.165) is 4.88 Å². The number of carbonyl (C=O) groups is 1. The zero-order chi connectivity index (χ0) is 10.8. The standard InChI is InChI=1S/C9H13N3O2S/c1-5-3-11-9(15-5)12-8(14)7-2-6(13)4-10-7/h3,6-7,10,13H,2,4H2,1H3,(H,11,12,14). The van der Waals surface area contributed by atoms with E-state index < -0.39 is 6.10 Å². The van der Waals surface area contributed by atoms with E-state index in [4.69, 9.17) is 0 Å².